The van der Waals surface area contributed by atoms with Crippen molar-refractivity contribution in [2.24, 2.45) is 16.6 Å². The standard InChI is InChI=1S/C40H41F2N3O7/c1-49-33-20-28-30(21-34(33)50-16-2-15-45-23-37(52-38(48)22-43)39(24-45)10-11-39)44-14-9-31(28)51-32-8-5-26(17-29(32)42)19-36(47)40(12-13-40)35(46)18-25-3-6-27(41)7-4-25/h3-9,14,17,20-21,37H,2,10-13,15-16,18-19,22-24,43H2,1H3. The second kappa shape index (κ2) is 14.6. The summed E-state index contributed by atoms with van der Waals surface area (Å²) in [5, 5.41) is 0.588. The first-order valence-electron chi connectivity index (χ1n) is 17.6. The van der Waals surface area contributed by atoms with Crippen molar-refractivity contribution < 1.29 is 42.1 Å². The second-order valence-electron chi connectivity index (χ2n) is 14.1. The number of Topliss-reactive ketones (excluding diaryl/α,β-unsaturated/α-hetero) is 2. The summed E-state index contributed by atoms with van der Waals surface area (Å²) in [6, 6.07) is 15.1. The van der Waals surface area contributed by atoms with Crippen molar-refractivity contribution in [1.29, 1.82) is 0 Å². The van der Waals surface area contributed by atoms with Crippen LogP contribution in [0.2, 0.25) is 0 Å². The van der Waals surface area contributed by atoms with Crippen LogP contribution in [0.25, 0.3) is 10.9 Å². The Balaban J connectivity index is 0.961. The number of hydrogen-bond donors (Lipinski definition) is 1. The molecular formula is C40H41F2N3O7. The molecule has 3 fully saturated rings. The van der Waals surface area contributed by atoms with Gasteiger partial charge in [0.1, 0.15) is 17.7 Å². The number of hydrogen-bond acceptors (Lipinski definition) is 10. The molecule has 0 bridgehead atoms. The van der Waals surface area contributed by atoms with Gasteiger partial charge in [0, 0.05) is 55.5 Å². The smallest absolute Gasteiger partial charge is 0.320 e. The number of halogens is 2. The number of aromatic nitrogens is 1. The van der Waals surface area contributed by atoms with E-state index in [0.29, 0.717) is 65.3 Å². The van der Waals surface area contributed by atoms with Crippen molar-refractivity contribution in [2.75, 3.05) is 39.9 Å². The van der Waals surface area contributed by atoms with E-state index in [1.807, 2.05) is 0 Å². The van der Waals surface area contributed by atoms with E-state index < -0.39 is 17.0 Å². The highest BCUT2D eigenvalue weighted by atomic mass is 19.1. The lowest BCUT2D eigenvalue weighted by Gasteiger charge is -2.17. The average Bonchev–Trinajstić information content (AvgIpc) is 4.07. The number of carbonyl (C=O) groups is 3. The number of nitrogens with zero attached hydrogens (tertiary/aromatic N) is 2. The van der Waals surface area contributed by atoms with Gasteiger partial charge in [-0.05, 0) is 79.6 Å². The molecule has 4 aromatic rings. The summed E-state index contributed by atoms with van der Waals surface area (Å²) in [4.78, 5) is 44.8. The minimum Gasteiger partial charge on any atom is -0.493 e. The Morgan fingerprint density at radius 1 is 0.885 bits per heavy atom. The zero-order valence-electron chi connectivity index (χ0n) is 29.0. The first kappa shape index (κ1) is 35.5. The molecule has 0 amide bonds. The highest BCUT2D eigenvalue weighted by molar-refractivity contribution is 6.11. The monoisotopic (exact) mass is 713 g/mol. The third-order valence-electron chi connectivity index (χ3n) is 10.5. The van der Waals surface area contributed by atoms with Gasteiger partial charge in [-0.1, -0.05) is 18.2 Å². The normalized spacial score (nSPS) is 18.3. The molecule has 2 saturated carbocycles. The molecule has 2 heterocycles. The molecule has 2 N–H and O–H groups in total. The van der Waals surface area contributed by atoms with Gasteiger partial charge >= 0.3 is 5.97 Å². The third-order valence-corrected chi connectivity index (χ3v) is 10.5. The number of fused-ring (bicyclic) bond motifs is 1. The first-order chi connectivity index (χ1) is 25.1. The van der Waals surface area contributed by atoms with E-state index in [2.05, 4.69) is 9.88 Å². The van der Waals surface area contributed by atoms with E-state index in [-0.39, 0.29) is 54.2 Å². The summed E-state index contributed by atoms with van der Waals surface area (Å²) in [6.07, 6.45) is 5.18. The van der Waals surface area contributed by atoms with Crippen LogP contribution in [0.4, 0.5) is 8.78 Å². The van der Waals surface area contributed by atoms with Crippen LogP contribution in [-0.2, 0) is 32.0 Å². The summed E-state index contributed by atoms with van der Waals surface area (Å²) in [5.74, 6) is -0.559. The van der Waals surface area contributed by atoms with Crippen LogP contribution in [0.5, 0.6) is 23.0 Å². The number of benzene rings is 3. The quantitative estimate of drug-likeness (QED) is 0.0870. The van der Waals surface area contributed by atoms with Crippen molar-refractivity contribution >= 4 is 28.4 Å². The van der Waals surface area contributed by atoms with E-state index in [4.69, 9.17) is 24.7 Å². The van der Waals surface area contributed by atoms with Crippen molar-refractivity contribution in [1.82, 2.24) is 9.88 Å². The van der Waals surface area contributed by atoms with Gasteiger partial charge in [0.25, 0.3) is 0 Å². The van der Waals surface area contributed by atoms with Crippen LogP contribution in [0.3, 0.4) is 0 Å². The van der Waals surface area contributed by atoms with E-state index in [1.54, 1.807) is 42.6 Å². The van der Waals surface area contributed by atoms with Gasteiger partial charge in [-0.15, -0.1) is 0 Å². The molecule has 2 aliphatic carbocycles. The van der Waals surface area contributed by atoms with E-state index in [1.165, 1.54) is 31.4 Å². The maximum atomic E-state index is 15.4. The summed E-state index contributed by atoms with van der Waals surface area (Å²) in [6.45, 7) is 2.70. The highest BCUT2D eigenvalue weighted by Crippen LogP contribution is 2.54. The van der Waals surface area contributed by atoms with E-state index >= 15 is 4.39 Å². The van der Waals surface area contributed by atoms with Gasteiger partial charge in [-0.3, -0.25) is 24.3 Å². The Morgan fingerprint density at radius 2 is 1.62 bits per heavy atom. The predicted molar refractivity (Wildman–Crippen MR) is 187 cm³/mol. The van der Waals surface area contributed by atoms with Gasteiger partial charge in [-0.25, -0.2) is 8.78 Å². The van der Waals surface area contributed by atoms with E-state index in [9.17, 15) is 18.8 Å². The van der Waals surface area contributed by atoms with Crippen LogP contribution >= 0.6 is 0 Å². The lowest BCUT2D eigenvalue weighted by atomic mass is 9.88. The van der Waals surface area contributed by atoms with Crippen LogP contribution < -0.4 is 19.9 Å². The fourth-order valence-electron chi connectivity index (χ4n) is 7.19. The van der Waals surface area contributed by atoms with Crippen molar-refractivity contribution in [3.63, 3.8) is 0 Å². The number of nitrogens with two attached hydrogens (primary N) is 1. The molecule has 1 unspecified atom stereocenters. The molecule has 1 aliphatic heterocycles. The van der Waals surface area contributed by atoms with Crippen molar-refractivity contribution in [3.05, 3.63) is 89.6 Å². The number of pyridine rings is 1. The highest BCUT2D eigenvalue weighted by Gasteiger charge is 2.57. The van der Waals surface area contributed by atoms with Gasteiger partial charge in [-0.2, -0.15) is 0 Å². The molecule has 1 spiro atoms. The summed E-state index contributed by atoms with van der Waals surface area (Å²) in [5.41, 5.74) is 6.09. The maximum absolute atomic E-state index is 15.4. The first-order valence-corrected chi connectivity index (χ1v) is 17.6. The van der Waals surface area contributed by atoms with Gasteiger partial charge in [0.15, 0.2) is 34.6 Å². The Kier molecular flexibility index (Phi) is 9.95. The minimum atomic E-state index is -1.07. The molecule has 7 rings (SSSR count). The van der Waals surface area contributed by atoms with Gasteiger partial charge < -0.3 is 24.7 Å². The molecule has 52 heavy (non-hydrogen) atoms. The fourth-order valence-corrected chi connectivity index (χ4v) is 7.19. The number of rotatable bonds is 16. The molecule has 1 saturated heterocycles. The number of ether oxygens (including phenoxy) is 4. The average molecular weight is 714 g/mol. The van der Waals surface area contributed by atoms with E-state index in [0.717, 1.165) is 32.4 Å². The van der Waals surface area contributed by atoms with Crippen LogP contribution in [-0.4, -0.2) is 73.4 Å². The molecule has 3 aromatic carbocycles. The summed E-state index contributed by atoms with van der Waals surface area (Å²) in [7, 11) is 1.54. The molecule has 1 atom stereocenters. The third kappa shape index (κ3) is 7.49. The zero-order valence-corrected chi connectivity index (χ0v) is 29.0. The summed E-state index contributed by atoms with van der Waals surface area (Å²) >= 11 is 0. The number of likely N-dealkylation sites (tertiary alicyclic amines) is 1. The summed E-state index contributed by atoms with van der Waals surface area (Å²) < 4.78 is 52.0. The Hall–Kier alpha value is -4.94. The van der Waals surface area contributed by atoms with Gasteiger partial charge in [0.2, 0.25) is 0 Å². The lowest BCUT2D eigenvalue weighted by molar-refractivity contribution is -0.149. The molecule has 10 nitrogen and oxygen atoms in total. The van der Waals surface area contributed by atoms with Gasteiger partial charge in [0.05, 0.1) is 31.2 Å². The van der Waals surface area contributed by atoms with Crippen LogP contribution in [0.1, 0.15) is 43.2 Å². The Morgan fingerprint density at radius 3 is 2.29 bits per heavy atom. The molecule has 12 heteroatoms. The number of methoxy groups -OCH3 is 1. The van der Waals surface area contributed by atoms with Crippen LogP contribution in [0, 0.1) is 22.5 Å². The molecule has 0 radical (unpaired) electrons. The number of esters is 1. The fraction of sp³-hybridized carbons (Fsp3) is 0.400. The minimum absolute atomic E-state index is 0.0357. The maximum Gasteiger partial charge on any atom is 0.320 e. The Bertz CT molecular complexity index is 2000. The topological polar surface area (TPSA) is 130 Å². The molecular weight excluding hydrogens is 672 g/mol. The molecule has 1 aromatic heterocycles. The van der Waals surface area contributed by atoms with Crippen molar-refractivity contribution in [3.8, 4) is 23.0 Å². The zero-order chi connectivity index (χ0) is 36.5. The van der Waals surface area contributed by atoms with Crippen LogP contribution in [0.15, 0.2) is 66.9 Å². The SMILES string of the molecule is COc1cc2c(Oc3ccc(CC(=O)C4(C(=O)Cc5ccc(F)cc5)CC4)cc3F)ccnc2cc1OCCCN1CC(OC(=O)CN)C2(CC2)C1. The number of carbonyl (C=O) groups excluding carboxylic acids is 3. The lowest BCUT2D eigenvalue weighted by Crippen LogP contribution is -2.31. The Labute approximate surface area is 300 Å². The largest absolute Gasteiger partial charge is 0.493 e. The molecule has 3 aliphatic rings. The van der Waals surface area contributed by atoms with Crippen molar-refractivity contribution in [2.45, 2.75) is 51.0 Å². The second-order valence-corrected chi connectivity index (χ2v) is 14.1. The predicted octanol–water partition coefficient (Wildman–Crippen LogP) is 5.75. The molecule has 272 valence electrons. The number of ketones is 2.